The van der Waals surface area contributed by atoms with Crippen molar-refractivity contribution in [2.45, 2.75) is 19.8 Å². The van der Waals surface area contributed by atoms with Gasteiger partial charge in [0.05, 0.1) is 7.11 Å². The van der Waals surface area contributed by atoms with Crippen LogP contribution in [0.5, 0.6) is 5.75 Å². The molecular weight excluding hydrogens is 164 g/mol. The van der Waals surface area contributed by atoms with Crippen LogP contribution in [0.3, 0.4) is 0 Å². The maximum absolute atomic E-state index is 10.5. The number of carbonyl (C=O) groups excluding carboxylic acids is 1. The Labute approximate surface area is 78.5 Å². The summed E-state index contributed by atoms with van der Waals surface area (Å²) >= 11 is 0. The quantitative estimate of drug-likeness (QED) is 0.664. The summed E-state index contributed by atoms with van der Waals surface area (Å²) in [7, 11) is 1.64. The molecule has 0 aliphatic heterocycles. The van der Waals surface area contributed by atoms with Gasteiger partial charge in [0.15, 0.2) is 0 Å². The molecule has 0 bridgehead atoms. The normalized spacial score (nSPS) is 12.2. The van der Waals surface area contributed by atoms with Gasteiger partial charge in [-0.05, 0) is 24.1 Å². The van der Waals surface area contributed by atoms with Crippen LogP contribution < -0.4 is 4.74 Å². The third-order valence-corrected chi connectivity index (χ3v) is 2.15. The fourth-order valence-corrected chi connectivity index (χ4v) is 1.26. The van der Waals surface area contributed by atoms with Crippen LogP contribution in [0.25, 0.3) is 0 Å². The fraction of sp³-hybridized carbons (Fsp3) is 0.364. The lowest BCUT2D eigenvalue weighted by atomic mass is 10.0. The lowest BCUT2D eigenvalue weighted by Crippen LogP contribution is -1.96. The van der Waals surface area contributed by atoms with Gasteiger partial charge < -0.3 is 9.53 Å². The van der Waals surface area contributed by atoms with E-state index in [0.29, 0.717) is 0 Å². The van der Waals surface area contributed by atoms with E-state index < -0.39 is 0 Å². The molecule has 0 spiro atoms. The predicted molar refractivity (Wildman–Crippen MR) is 52.2 cm³/mol. The van der Waals surface area contributed by atoms with Crippen molar-refractivity contribution >= 4 is 6.29 Å². The Morgan fingerprint density at radius 2 is 2.15 bits per heavy atom. The predicted octanol–water partition coefficient (Wildman–Crippen LogP) is 2.31. The highest BCUT2D eigenvalue weighted by atomic mass is 16.5. The Morgan fingerprint density at radius 1 is 1.46 bits per heavy atom. The summed E-state index contributed by atoms with van der Waals surface area (Å²) in [5.74, 6) is 0.825. The summed E-state index contributed by atoms with van der Waals surface area (Å²) in [6, 6.07) is 5.80. The zero-order valence-electron chi connectivity index (χ0n) is 8.20. The van der Waals surface area contributed by atoms with Crippen molar-refractivity contribution in [2.24, 2.45) is 0 Å². The zero-order chi connectivity index (χ0) is 9.84. The number of carbonyl (C=O) groups is 1. The van der Waals surface area contributed by atoms with Gasteiger partial charge in [-0.25, -0.2) is 0 Å². The molecule has 1 aromatic rings. The molecule has 1 rings (SSSR count). The lowest BCUT2D eigenvalue weighted by Gasteiger charge is -2.08. The average molecular weight is 178 g/mol. The highest BCUT2D eigenvalue weighted by Crippen LogP contribution is 2.22. The Kier molecular flexibility index (Phi) is 3.07. The van der Waals surface area contributed by atoms with E-state index >= 15 is 0 Å². The number of rotatable bonds is 3. The van der Waals surface area contributed by atoms with Crippen molar-refractivity contribution in [2.75, 3.05) is 7.11 Å². The molecular formula is C11H14O2. The van der Waals surface area contributed by atoms with Crippen LogP contribution in [-0.2, 0) is 4.79 Å². The molecule has 2 heteroatoms. The monoisotopic (exact) mass is 178 g/mol. The molecule has 0 saturated carbocycles. The molecule has 0 aliphatic rings. The topological polar surface area (TPSA) is 26.3 Å². The largest absolute Gasteiger partial charge is 0.496 e. The fourth-order valence-electron chi connectivity index (χ4n) is 1.26. The minimum absolute atomic E-state index is 0.0374. The van der Waals surface area contributed by atoms with Crippen molar-refractivity contribution in [3.05, 3.63) is 29.3 Å². The Bertz CT molecular complexity index is 305. The molecule has 0 fully saturated rings. The second-order valence-corrected chi connectivity index (χ2v) is 3.15. The third-order valence-electron chi connectivity index (χ3n) is 2.15. The summed E-state index contributed by atoms with van der Waals surface area (Å²) in [4.78, 5) is 10.5. The summed E-state index contributed by atoms with van der Waals surface area (Å²) in [6.45, 7) is 3.86. The summed E-state index contributed by atoms with van der Waals surface area (Å²) < 4.78 is 5.13. The molecule has 1 unspecified atom stereocenters. The molecule has 0 saturated heterocycles. The van der Waals surface area contributed by atoms with Crippen molar-refractivity contribution in [1.29, 1.82) is 0 Å². The van der Waals surface area contributed by atoms with Crippen molar-refractivity contribution in [3.8, 4) is 5.75 Å². The number of aldehydes is 1. The molecule has 1 atom stereocenters. The van der Waals surface area contributed by atoms with E-state index in [2.05, 4.69) is 0 Å². The minimum atomic E-state index is -0.0374. The standard InChI is InChI=1S/C11H14O2/c1-8-6-10(9(2)7-12)4-5-11(8)13-3/h4-7,9H,1-3H3. The van der Waals surface area contributed by atoms with E-state index in [1.165, 1.54) is 0 Å². The van der Waals surface area contributed by atoms with Gasteiger partial charge in [-0.2, -0.15) is 0 Å². The van der Waals surface area contributed by atoms with Gasteiger partial charge in [0.25, 0.3) is 0 Å². The SMILES string of the molecule is COc1ccc(C(C)C=O)cc1C. The van der Waals surface area contributed by atoms with Crippen LogP contribution in [0, 0.1) is 6.92 Å². The first kappa shape index (κ1) is 9.78. The van der Waals surface area contributed by atoms with E-state index in [0.717, 1.165) is 23.2 Å². The van der Waals surface area contributed by atoms with Crippen LogP contribution in [-0.4, -0.2) is 13.4 Å². The number of hydrogen-bond donors (Lipinski definition) is 0. The van der Waals surface area contributed by atoms with E-state index in [1.807, 2.05) is 32.0 Å². The number of methoxy groups -OCH3 is 1. The van der Waals surface area contributed by atoms with Gasteiger partial charge in [0.2, 0.25) is 0 Å². The molecule has 0 radical (unpaired) electrons. The number of benzene rings is 1. The van der Waals surface area contributed by atoms with Gasteiger partial charge in [-0.3, -0.25) is 0 Å². The molecule has 0 aliphatic carbocycles. The maximum atomic E-state index is 10.5. The van der Waals surface area contributed by atoms with Crippen molar-refractivity contribution in [1.82, 2.24) is 0 Å². The first-order valence-corrected chi connectivity index (χ1v) is 4.29. The van der Waals surface area contributed by atoms with Gasteiger partial charge in [0.1, 0.15) is 12.0 Å². The van der Waals surface area contributed by atoms with Crippen LogP contribution in [0.15, 0.2) is 18.2 Å². The second-order valence-electron chi connectivity index (χ2n) is 3.15. The Hall–Kier alpha value is -1.31. The van der Waals surface area contributed by atoms with Gasteiger partial charge in [-0.1, -0.05) is 19.1 Å². The molecule has 0 N–H and O–H groups in total. The van der Waals surface area contributed by atoms with E-state index in [-0.39, 0.29) is 5.92 Å². The Morgan fingerprint density at radius 3 is 2.62 bits per heavy atom. The highest BCUT2D eigenvalue weighted by molar-refractivity contribution is 5.62. The number of ether oxygens (including phenoxy) is 1. The third kappa shape index (κ3) is 2.08. The molecule has 1 aromatic carbocycles. The summed E-state index contributed by atoms with van der Waals surface area (Å²) in [5.41, 5.74) is 2.10. The smallest absolute Gasteiger partial charge is 0.127 e. The average Bonchev–Trinajstić information content (AvgIpc) is 2.16. The van der Waals surface area contributed by atoms with Gasteiger partial charge in [-0.15, -0.1) is 0 Å². The van der Waals surface area contributed by atoms with E-state index in [4.69, 9.17) is 4.74 Å². The zero-order valence-corrected chi connectivity index (χ0v) is 8.20. The maximum Gasteiger partial charge on any atom is 0.127 e. The molecule has 70 valence electrons. The van der Waals surface area contributed by atoms with E-state index in [9.17, 15) is 4.79 Å². The van der Waals surface area contributed by atoms with Gasteiger partial charge in [0, 0.05) is 5.92 Å². The minimum Gasteiger partial charge on any atom is -0.496 e. The highest BCUT2D eigenvalue weighted by Gasteiger charge is 2.05. The van der Waals surface area contributed by atoms with Crippen LogP contribution >= 0.6 is 0 Å². The molecule has 0 aromatic heterocycles. The van der Waals surface area contributed by atoms with E-state index in [1.54, 1.807) is 7.11 Å². The number of aryl methyl sites for hydroxylation is 1. The van der Waals surface area contributed by atoms with Crippen LogP contribution in [0.4, 0.5) is 0 Å². The van der Waals surface area contributed by atoms with Crippen molar-refractivity contribution < 1.29 is 9.53 Å². The first-order chi connectivity index (χ1) is 6.19. The molecule has 2 nitrogen and oxygen atoms in total. The number of hydrogen-bond acceptors (Lipinski definition) is 2. The van der Waals surface area contributed by atoms with Crippen molar-refractivity contribution in [3.63, 3.8) is 0 Å². The molecule has 0 amide bonds. The lowest BCUT2D eigenvalue weighted by molar-refractivity contribution is -0.108. The second kappa shape index (κ2) is 4.08. The van der Waals surface area contributed by atoms with Crippen LogP contribution in [0.1, 0.15) is 24.0 Å². The van der Waals surface area contributed by atoms with Crippen LogP contribution in [0.2, 0.25) is 0 Å². The van der Waals surface area contributed by atoms with Gasteiger partial charge >= 0.3 is 0 Å². The summed E-state index contributed by atoms with van der Waals surface area (Å²) in [5, 5.41) is 0. The Balaban J connectivity index is 3.02. The first-order valence-electron chi connectivity index (χ1n) is 4.29. The molecule has 13 heavy (non-hydrogen) atoms. The summed E-state index contributed by atoms with van der Waals surface area (Å²) in [6.07, 6.45) is 0.946. The molecule has 0 heterocycles.